The summed E-state index contributed by atoms with van der Waals surface area (Å²) in [4.78, 5) is 27.3. The highest BCUT2D eigenvalue weighted by Gasteiger charge is 2.71. The molecule has 2 saturated carbocycles. The van der Waals surface area contributed by atoms with Crippen molar-refractivity contribution in [3.63, 3.8) is 0 Å². The summed E-state index contributed by atoms with van der Waals surface area (Å²) in [6, 6.07) is 20.2. The van der Waals surface area contributed by atoms with Crippen LogP contribution in [0.1, 0.15) is 43.9 Å². The summed E-state index contributed by atoms with van der Waals surface area (Å²) in [5.74, 6) is 0.136. The smallest absolute Gasteiger partial charge is 0.175 e. The van der Waals surface area contributed by atoms with E-state index in [1.54, 1.807) is 0 Å². The van der Waals surface area contributed by atoms with E-state index in [2.05, 4.69) is 38.1 Å². The molecular weight excluding hydrogens is 348 g/mol. The number of hydrogen-bond acceptors (Lipinski definition) is 3. The molecule has 3 heteroatoms. The Balaban J connectivity index is 1.59. The van der Waals surface area contributed by atoms with Crippen LogP contribution < -0.4 is 0 Å². The van der Waals surface area contributed by atoms with Gasteiger partial charge in [-0.25, -0.2) is 0 Å². The maximum atomic E-state index is 13.7. The number of hydrogen-bond donors (Lipinski definition) is 0. The fourth-order valence-electron chi connectivity index (χ4n) is 6.49. The lowest BCUT2D eigenvalue weighted by atomic mass is 9.63. The van der Waals surface area contributed by atoms with E-state index in [0.29, 0.717) is 0 Å². The van der Waals surface area contributed by atoms with Crippen LogP contribution in [-0.2, 0) is 14.3 Å². The molecule has 0 aromatic heterocycles. The molecule has 3 aliphatic rings. The Morgan fingerprint density at radius 2 is 1.32 bits per heavy atom. The largest absolute Gasteiger partial charge is 0.362 e. The summed E-state index contributed by atoms with van der Waals surface area (Å²) in [5.41, 5.74) is 1.20. The molecule has 0 radical (unpaired) electrons. The van der Waals surface area contributed by atoms with E-state index in [9.17, 15) is 9.59 Å². The van der Waals surface area contributed by atoms with Gasteiger partial charge in [-0.2, -0.15) is 0 Å². The molecule has 0 unspecified atom stereocenters. The third kappa shape index (κ3) is 2.14. The molecule has 1 heterocycles. The lowest BCUT2D eigenvalue weighted by molar-refractivity contribution is -0.154. The van der Waals surface area contributed by atoms with E-state index in [0.717, 1.165) is 11.1 Å². The summed E-state index contributed by atoms with van der Waals surface area (Å²) < 4.78 is 6.40. The Labute approximate surface area is 166 Å². The van der Waals surface area contributed by atoms with E-state index in [1.165, 1.54) is 0 Å². The van der Waals surface area contributed by atoms with Gasteiger partial charge in [-0.15, -0.1) is 0 Å². The summed E-state index contributed by atoms with van der Waals surface area (Å²) in [7, 11) is 0. The first-order valence-electron chi connectivity index (χ1n) is 10.3. The van der Waals surface area contributed by atoms with Crippen molar-refractivity contribution in [2.24, 2.45) is 29.1 Å². The van der Waals surface area contributed by atoms with Gasteiger partial charge < -0.3 is 4.74 Å². The minimum atomic E-state index is -0.988. The van der Waals surface area contributed by atoms with Gasteiger partial charge in [0.2, 0.25) is 0 Å². The third-order valence-electron chi connectivity index (χ3n) is 7.73. The normalized spacial score (nSPS) is 41.9. The zero-order chi connectivity index (χ0) is 19.6. The molecule has 2 aromatic rings. The van der Waals surface area contributed by atoms with Crippen molar-refractivity contribution in [1.82, 2.24) is 0 Å². The second-order valence-electron chi connectivity index (χ2n) is 9.03. The summed E-state index contributed by atoms with van der Waals surface area (Å²) in [5, 5.41) is 0. The molecule has 1 aliphatic heterocycles. The van der Waals surface area contributed by atoms with Crippen LogP contribution >= 0.6 is 0 Å². The predicted octanol–water partition coefficient (Wildman–Crippen LogP) is 4.59. The first-order chi connectivity index (χ1) is 13.5. The topological polar surface area (TPSA) is 43.4 Å². The minimum Gasteiger partial charge on any atom is -0.362 e. The molecule has 2 bridgehead atoms. The number of ketones is 2. The second-order valence-corrected chi connectivity index (χ2v) is 9.03. The molecule has 2 aliphatic carbocycles. The van der Waals surface area contributed by atoms with E-state index >= 15 is 0 Å². The van der Waals surface area contributed by atoms with Gasteiger partial charge in [0, 0.05) is 17.8 Å². The highest BCUT2D eigenvalue weighted by Crippen LogP contribution is 2.64. The lowest BCUT2D eigenvalue weighted by Gasteiger charge is -2.36. The van der Waals surface area contributed by atoms with E-state index in [-0.39, 0.29) is 47.3 Å². The van der Waals surface area contributed by atoms with E-state index < -0.39 is 11.5 Å². The van der Waals surface area contributed by atoms with Gasteiger partial charge in [-0.05, 0) is 29.9 Å². The summed E-state index contributed by atoms with van der Waals surface area (Å²) >= 11 is 0. The molecule has 0 amide bonds. The van der Waals surface area contributed by atoms with Crippen LogP contribution in [0.2, 0.25) is 0 Å². The molecule has 0 N–H and O–H groups in total. The first-order valence-corrected chi connectivity index (χ1v) is 10.3. The zero-order valence-electron chi connectivity index (χ0n) is 16.5. The van der Waals surface area contributed by atoms with Crippen molar-refractivity contribution in [1.29, 1.82) is 0 Å². The van der Waals surface area contributed by atoms with Crippen LogP contribution in [0.3, 0.4) is 0 Å². The second kappa shape index (κ2) is 6.12. The predicted molar refractivity (Wildman–Crippen MR) is 107 cm³/mol. The van der Waals surface area contributed by atoms with E-state index in [4.69, 9.17) is 4.74 Å². The van der Waals surface area contributed by atoms with Crippen LogP contribution in [-0.4, -0.2) is 17.7 Å². The number of carbonyl (C=O) groups is 2. The summed E-state index contributed by atoms with van der Waals surface area (Å²) in [6.07, 6.45) is -0.609. The Morgan fingerprint density at radius 1 is 0.750 bits per heavy atom. The van der Waals surface area contributed by atoms with Gasteiger partial charge in [-0.3, -0.25) is 9.59 Å². The average molecular weight is 374 g/mol. The van der Waals surface area contributed by atoms with E-state index in [1.807, 2.05) is 43.3 Å². The zero-order valence-corrected chi connectivity index (χ0v) is 16.5. The number of benzene rings is 2. The van der Waals surface area contributed by atoms with Crippen molar-refractivity contribution in [2.75, 3.05) is 0 Å². The van der Waals surface area contributed by atoms with Gasteiger partial charge >= 0.3 is 0 Å². The lowest BCUT2D eigenvalue weighted by Crippen LogP contribution is -2.52. The molecule has 1 saturated heterocycles. The van der Waals surface area contributed by atoms with Crippen LogP contribution in [0.25, 0.3) is 0 Å². The molecule has 5 rings (SSSR count). The molecule has 3 fully saturated rings. The fourth-order valence-corrected chi connectivity index (χ4v) is 6.49. The maximum Gasteiger partial charge on any atom is 0.175 e. The van der Waals surface area contributed by atoms with Crippen LogP contribution in [0, 0.1) is 29.1 Å². The Morgan fingerprint density at radius 3 is 1.93 bits per heavy atom. The highest BCUT2D eigenvalue weighted by molar-refractivity contribution is 6.14. The van der Waals surface area contributed by atoms with Crippen molar-refractivity contribution < 1.29 is 14.3 Å². The number of fused-ring (bicyclic) bond motifs is 4. The molecule has 3 nitrogen and oxygen atoms in total. The van der Waals surface area contributed by atoms with Crippen molar-refractivity contribution >= 4 is 11.6 Å². The molecule has 144 valence electrons. The Kier molecular flexibility index (Phi) is 3.89. The summed E-state index contributed by atoms with van der Waals surface area (Å²) in [6.45, 7) is 6.17. The van der Waals surface area contributed by atoms with Gasteiger partial charge in [0.25, 0.3) is 0 Å². The average Bonchev–Trinajstić information content (AvgIpc) is 3.12. The van der Waals surface area contributed by atoms with Gasteiger partial charge in [0.05, 0.1) is 11.5 Å². The molecule has 0 spiro atoms. The Hall–Kier alpha value is -2.26. The first kappa shape index (κ1) is 17.8. The van der Waals surface area contributed by atoms with Gasteiger partial charge in [0.1, 0.15) is 6.10 Å². The molecular formula is C25H26O3. The van der Waals surface area contributed by atoms with Crippen LogP contribution in [0.4, 0.5) is 0 Å². The number of rotatable bonds is 2. The Bertz CT molecular complexity index is 921. The molecule has 28 heavy (non-hydrogen) atoms. The van der Waals surface area contributed by atoms with Crippen LogP contribution in [0.5, 0.6) is 0 Å². The van der Waals surface area contributed by atoms with Crippen molar-refractivity contribution in [3.05, 3.63) is 71.8 Å². The number of carbonyl (C=O) groups excluding carboxylic acids is 2. The van der Waals surface area contributed by atoms with Crippen LogP contribution in [0.15, 0.2) is 60.7 Å². The minimum absolute atomic E-state index is 0.0118. The van der Waals surface area contributed by atoms with Gasteiger partial charge in [-0.1, -0.05) is 74.5 Å². The number of Topliss-reactive ketones (excluding diaryl/α,β-unsaturated/α-hetero) is 2. The van der Waals surface area contributed by atoms with Crippen molar-refractivity contribution in [2.45, 2.75) is 38.9 Å². The quantitative estimate of drug-likeness (QED) is 0.722. The highest BCUT2D eigenvalue weighted by atomic mass is 16.5. The fraction of sp³-hybridized carbons (Fsp3) is 0.440. The maximum absolute atomic E-state index is 13.7. The monoisotopic (exact) mass is 374 g/mol. The number of ether oxygens (including phenoxy) is 1. The standard InChI is InChI=1S/C25H26O3/c1-14-19-18-15(2)21(17-12-8-5-9-13-17)28-22(18)24(27)25(3,23(19)26)20(14)16-10-6-4-7-11-16/h4-15,18-22H,1-3H3/t14-,15-,18+,19+,20-,21-,22+,25+/m0/s1. The van der Waals surface area contributed by atoms with Gasteiger partial charge in [0.15, 0.2) is 11.6 Å². The molecule has 2 aromatic carbocycles. The van der Waals surface area contributed by atoms with Crippen molar-refractivity contribution in [3.8, 4) is 0 Å². The SMILES string of the molecule is C[C@H]1[C@@H]2[C@@H]3C(=O)[C@](C)(C(=O)[C@@H]2O[C@@H]1c1ccccc1)[C@H](c1ccccc1)[C@H]3C. The third-order valence-corrected chi connectivity index (χ3v) is 7.73. The molecule has 8 atom stereocenters.